The van der Waals surface area contributed by atoms with E-state index in [0.717, 1.165) is 6.54 Å². The summed E-state index contributed by atoms with van der Waals surface area (Å²) in [5.74, 6) is 0. The fourth-order valence-corrected chi connectivity index (χ4v) is 2.39. The molecule has 0 aliphatic heterocycles. The zero-order chi connectivity index (χ0) is 11.9. The molecule has 1 saturated carbocycles. The van der Waals surface area contributed by atoms with Gasteiger partial charge >= 0.3 is 0 Å². The first-order valence-electron chi connectivity index (χ1n) is 6.22. The smallest absolute Gasteiger partial charge is 0.0346 e. The normalized spacial score (nSPS) is 21.6. The Morgan fingerprint density at radius 3 is 2.94 bits per heavy atom. The Bertz CT molecular complexity index is 540. The van der Waals surface area contributed by atoms with Crippen LogP contribution in [0.25, 0.3) is 10.8 Å². The molecule has 0 bridgehead atoms. The van der Waals surface area contributed by atoms with Gasteiger partial charge in [-0.2, -0.15) is 0 Å². The van der Waals surface area contributed by atoms with Gasteiger partial charge in [0.25, 0.3) is 0 Å². The van der Waals surface area contributed by atoms with Crippen molar-refractivity contribution in [3.8, 4) is 0 Å². The SMILES string of the molecule is CC1(C)CC1NCc1cccc2cnccc12. The van der Waals surface area contributed by atoms with Gasteiger partial charge in [0, 0.05) is 30.4 Å². The molecule has 1 fully saturated rings. The lowest BCUT2D eigenvalue weighted by atomic mass is 10.1. The van der Waals surface area contributed by atoms with Crippen LogP contribution in [0.3, 0.4) is 0 Å². The Morgan fingerprint density at radius 2 is 2.18 bits per heavy atom. The van der Waals surface area contributed by atoms with E-state index in [9.17, 15) is 0 Å². The van der Waals surface area contributed by atoms with Crippen molar-refractivity contribution >= 4 is 10.8 Å². The second-order valence-electron chi connectivity index (χ2n) is 5.64. The molecular weight excluding hydrogens is 208 g/mol. The van der Waals surface area contributed by atoms with Crippen LogP contribution in [0.1, 0.15) is 25.8 Å². The number of hydrogen-bond donors (Lipinski definition) is 1. The lowest BCUT2D eigenvalue weighted by molar-refractivity contribution is 0.543. The van der Waals surface area contributed by atoms with Crippen molar-refractivity contribution < 1.29 is 0 Å². The third-order valence-corrected chi connectivity index (χ3v) is 3.82. The second-order valence-corrected chi connectivity index (χ2v) is 5.64. The number of fused-ring (bicyclic) bond motifs is 1. The molecular formula is C15H18N2. The molecule has 1 N–H and O–H groups in total. The summed E-state index contributed by atoms with van der Waals surface area (Å²) >= 11 is 0. The van der Waals surface area contributed by atoms with Gasteiger partial charge in [-0.1, -0.05) is 32.0 Å². The predicted octanol–water partition coefficient (Wildman–Crippen LogP) is 3.12. The molecule has 3 rings (SSSR count). The summed E-state index contributed by atoms with van der Waals surface area (Å²) in [6.45, 7) is 5.59. The van der Waals surface area contributed by atoms with Gasteiger partial charge in [0.2, 0.25) is 0 Å². The summed E-state index contributed by atoms with van der Waals surface area (Å²) in [5.41, 5.74) is 1.86. The number of benzene rings is 1. The van der Waals surface area contributed by atoms with Gasteiger partial charge in [-0.3, -0.25) is 4.98 Å². The number of nitrogens with one attached hydrogen (secondary N) is 1. The van der Waals surface area contributed by atoms with E-state index < -0.39 is 0 Å². The van der Waals surface area contributed by atoms with E-state index in [1.54, 1.807) is 0 Å². The van der Waals surface area contributed by atoms with Gasteiger partial charge < -0.3 is 5.32 Å². The van der Waals surface area contributed by atoms with Crippen LogP contribution in [-0.4, -0.2) is 11.0 Å². The lowest BCUT2D eigenvalue weighted by Crippen LogP contribution is -2.20. The molecule has 1 unspecified atom stereocenters. The van der Waals surface area contributed by atoms with Crippen LogP contribution in [0.5, 0.6) is 0 Å². The standard InChI is InChI=1S/C15H18N2/c1-15(2)8-14(15)17-10-12-5-3-4-11-9-16-7-6-13(11)12/h3-7,9,14,17H,8,10H2,1-2H3. The molecule has 88 valence electrons. The average Bonchev–Trinajstić information content (AvgIpc) is 2.94. The first kappa shape index (κ1) is 10.7. The second kappa shape index (κ2) is 3.81. The summed E-state index contributed by atoms with van der Waals surface area (Å²) < 4.78 is 0. The highest BCUT2D eigenvalue weighted by Crippen LogP contribution is 2.44. The zero-order valence-electron chi connectivity index (χ0n) is 10.4. The van der Waals surface area contributed by atoms with Crippen LogP contribution in [0.4, 0.5) is 0 Å². The number of pyridine rings is 1. The molecule has 1 atom stereocenters. The molecule has 0 radical (unpaired) electrons. The van der Waals surface area contributed by atoms with E-state index in [0.29, 0.717) is 11.5 Å². The Kier molecular flexibility index (Phi) is 2.40. The third kappa shape index (κ3) is 2.05. The van der Waals surface area contributed by atoms with Crippen molar-refractivity contribution in [1.82, 2.24) is 10.3 Å². The van der Waals surface area contributed by atoms with Gasteiger partial charge in [-0.15, -0.1) is 0 Å². The number of hydrogen-bond acceptors (Lipinski definition) is 2. The van der Waals surface area contributed by atoms with Crippen molar-refractivity contribution in [2.75, 3.05) is 0 Å². The summed E-state index contributed by atoms with van der Waals surface area (Å²) in [7, 11) is 0. The maximum atomic E-state index is 4.16. The molecule has 1 aromatic heterocycles. The molecule has 0 amide bonds. The van der Waals surface area contributed by atoms with E-state index in [2.05, 4.69) is 48.4 Å². The van der Waals surface area contributed by atoms with Crippen molar-refractivity contribution in [3.63, 3.8) is 0 Å². The molecule has 0 spiro atoms. The topological polar surface area (TPSA) is 24.9 Å². The number of rotatable bonds is 3. The largest absolute Gasteiger partial charge is 0.309 e. The molecule has 1 aliphatic rings. The highest BCUT2D eigenvalue weighted by molar-refractivity contribution is 5.84. The molecule has 17 heavy (non-hydrogen) atoms. The molecule has 2 heteroatoms. The van der Waals surface area contributed by atoms with Crippen molar-refractivity contribution in [2.24, 2.45) is 5.41 Å². The maximum Gasteiger partial charge on any atom is 0.0346 e. The van der Waals surface area contributed by atoms with Gasteiger partial charge in [-0.25, -0.2) is 0 Å². The Hall–Kier alpha value is -1.41. The predicted molar refractivity (Wildman–Crippen MR) is 70.8 cm³/mol. The fourth-order valence-electron chi connectivity index (χ4n) is 2.39. The number of aromatic nitrogens is 1. The van der Waals surface area contributed by atoms with Crippen molar-refractivity contribution in [3.05, 3.63) is 42.2 Å². The average molecular weight is 226 g/mol. The van der Waals surface area contributed by atoms with E-state index in [1.165, 1.54) is 22.8 Å². The third-order valence-electron chi connectivity index (χ3n) is 3.82. The highest BCUT2D eigenvalue weighted by Gasteiger charge is 2.44. The monoisotopic (exact) mass is 226 g/mol. The molecule has 1 aliphatic carbocycles. The van der Waals surface area contributed by atoms with E-state index in [1.807, 2.05) is 12.4 Å². The first-order chi connectivity index (χ1) is 8.17. The van der Waals surface area contributed by atoms with Crippen LogP contribution in [0, 0.1) is 5.41 Å². The van der Waals surface area contributed by atoms with Gasteiger partial charge in [-0.05, 0) is 28.9 Å². The van der Waals surface area contributed by atoms with Crippen LogP contribution < -0.4 is 5.32 Å². The number of nitrogens with zero attached hydrogens (tertiary/aromatic N) is 1. The minimum atomic E-state index is 0.492. The molecule has 1 heterocycles. The van der Waals surface area contributed by atoms with Crippen LogP contribution in [0.2, 0.25) is 0 Å². The van der Waals surface area contributed by atoms with Crippen LogP contribution >= 0.6 is 0 Å². The Labute approximate surface area is 102 Å². The van der Waals surface area contributed by atoms with Crippen molar-refractivity contribution in [2.45, 2.75) is 32.9 Å². The van der Waals surface area contributed by atoms with E-state index in [4.69, 9.17) is 0 Å². The quantitative estimate of drug-likeness (QED) is 0.869. The van der Waals surface area contributed by atoms with Crippen molar-refractivity contribution in [1.29, 1.82) is 0 Å². The Morgan fingerprint density at radius 1 is 1.35 bits per heavy atom. The molecule has 1 aromatic carbocycles. The minimum absolute atomic E-state index is 0.492. The lowest BCUT2D eigenvalue weighted by Gasteiger charge is -2.09. The summed E-state index contributed by atoms with van der Waals surface area (Å²) in [6, 6.07) is 9.21. The Balaban J connectivity index is 1.81. The highest BCUT2D eigenvalue weighted by atomic mass is 15.0. The zero-order valence-corrected chi connectivity index (χ0v) is 10.4. The molecule has 0 saturated heterocycles. The minimum Gasteiger partial charge on any atom is -0.309 e. The van der Waals surface area contributed by atoms with Crippen LogP contribution in [0.15, 0.2) is 36.7 Å². The maximum absolute atomic E-state index is 4.16. The molecule has 2 aromatic rings. The molecule has 2 nitrogen and oxygen atoms in total. The summed E-state index contributed by atoms with van der Waals surface area (Å²) in [6.07, 6.45) is 5.09. The van der Waals surface area contributed by atoms with Gasteiger partial charge in [0.15, 0.2) is 0 Å². The summed E-state index contributed by atoms with van der Waals surface area (Å²) in [4.78, 5) is 4.16. The van der Waals surface area contributed by atoms with Crippen LogP contribution in [-0.2, 0) is 6.54 Å². The van der Waals surface area contributed by atoms with Gasteiger partial charge in [0.05, 0.1) is 0 Å². The summed E-state index contributed by atoms with van der Waals surface area (Å²) in [5, 5.41) is 6.17. The first-order valence-corrected chi connectivity index (χ1v) is 6.22. The fraction of sp³-hybridized carbons (Fsp3) is 0.400. The van der Waals surface area contributed by atoms with E-state index >= 15 is 0 Å². The van der Waals surface area contributed by atoms with Gasteiger partial charge in [0.1, 0.15) is 0 Å². The van der Waals surface area contributed by atoms with E-state index in [-0.39, 0.29) is 0 Å².